The Morgan fingerprint density at radius 1 is 1.15 bits per heavy atom. The van der Waals surface area contributed by atoms with Gasteiger partial charge in [0.25, 0.3) is 0 Å². The number of fused-ring (bicyclic) bond motifs is 2. The summed E-state index contributed by atoms with van der Waals surface area (Å²) in [5.74, 6) is 0.864. The van der Waals surface area contributed by atoms with E-state index in [0.29, 0.717) is 0 Å². The maximum atomic E-state index is 3.65. The van der Waals surface area contributed by atoms with Crippen molar-refractivity contribution < 1.29 is 0 Å². The number of hydrogen-bond acceptors (Lipinski definition) is 2. The molecule has 2 unspecified atom stereocenters. The van der Waals surface area contributed by atoms with E-state index in [4.69, 9.17) is 0 Å². The smallest absolute Gasteiger partial charge is 0.0320 e. The third kappa shape index (κ3) is 3.29. The molecular weight excluding hydrogens is 380 g/mol. The van der Waals surface area contributed by atoms with E-state index >= 15 is 0 Å². The number of nitrogens with one attached hydrogen (secondary N) is 1. The van der Waals surface area contributed by atoms with Gasteiger partial charge in [0.1, 0.15) is 0 Å². The second kappa shape index (κ2) is 6.47. The molecule has 1 N–H and O–H groups in total. The largest absolute Gasteiger partial charge is 0.312 e. The Labute approximate surface area is 138 Å². The van der Waals surface area contributed by atoms with E-state index in [1.165, 1.54) is 31.2 Å². The number of benzene rings is 1. The van der Waals surface area contributed by atoms with Gasteiger partial charge in [0, 0.05) is 27.6 Å². The van der Waals surface area contributed by atoms with E-state index in [-0.39, 0.29) is 0 Å². The van der Waals surface area contributed by atoms with Crippen LogP contribution >= 0.6 is 31.9 Å². The van der Waals surface area contributed by atoms with Gasteiger partial charge in [-0.2, -0.15) is 0 Å². The molecule has 0 spiro atoms. The molecule has 0 amide bonds. The van der Waals surface area contributed by atoms with E-state index < -0.39 is 0 Å². The minimum atomic E-state index is 0.849. The molecule has 0 aromatic heterocycles. The number of nitrogens with zero attached hydrogens (tertiary/aromatic N) is 1. The maximum absolute atomic E-state index is 3.65. The van der Waals surface area contributed by atoms with Crippen molar-refractivity contribution in [3.63, 3.8) is 0 Å². The normalized spacial score (nSPS) is 29.9. The fraction of sp³-hybridized carbons (Fsp3) is 0.625. The second-order valence-electron chi connectivity index (χ2n) is 6.27. The van der Waals surface area contributed by atoms with E-state index in [0.717, 1.165) is 40.0 Å². The highest BCUT2D eigenvalue weighted by Gasteiger charge is 2.37. The highest BCUT2D eigenvalue weighted by Crippen LogP contribution is 2.37. The first-order valence-corrected chi connectivity index (χ1v) is 9.08. The van der Waals surface area contributed by atoms with Gasteiger partial charge in [0.05, 0.1) is 0 Å². The van der Waals surface area contributed by atoms with Gasteiger partial charge in [-0.15, -0.1) is 0 Å². The quantitative estimate of drug-likeness (QED) is 0.814. The molecule has 2 aliphatic heterocycles. The zero-order valence-electron chi connectivity index (χ0n) is 11.9. The second-order valence-corrected chi connectivity index (χ2v) is 7.98. The Balaban J connectivity index is 1.47. The van der Waals surface area contributed by atoms with Crippen LogP contribution in [-0.4, -0.2) is 30.6 Å². The van der Waals surface area contributed by atoms with Gasteiger partial charge in [-0.05, 0) is 94.7 Å². The fourth-order valence-corrected chi connectivity index (χ4v) is 4.43. The average molecular weight is 402 g/mol. The summed E-state index contributed by atoms with van der Waals surface area (Å²) in [6.45, 7) is 2.13. The molecule has 2 atom stereocenters. The van der Waals surface area contributed by atoms with Crippen LogP contribution in [0.4, 0.5) is 0 Å². The summed E-state index contributed by atoms with van der Waals surface area (Å²) >= 11 is 7.08. The summed E-state index contributed by atoms with van der Waals surface area (Å²) < 4.78 is 2.25. The molecule has 2 fully saturated rings. The highest BCUT2D eigenvalue weighted by atomic mass is 79.9. The molecule has 3 rings (SSSR count). The SMILES string of the molecule is CN1C2CCC1CC(CNCc1ccc(Br)c(Br)c1)C2. The van der Waals surface area contributed by atoms with Crippen molar-refractivity contribution in [2.45, 2.75) is 44.3 Å². The molecule has 2 bridgehead atoms. The zero-order valence-corrected chi connectivity index (χ0v) is 15.1. The standard InChI is InChI=1S/C16H22Br2N2/c1-20-13-3-4-14(20)7-12(6-13)10-19-9-11-2-5-15(17)16(18)8-11/h2,5,8,12-14,19H,3-4,6-7,9-10H2,1H3. The van der Waals surface area contributed by atoms with Crippen molar-refractivity contribution >= 4 is 31.9 Å². The molecule has 1 aromatic carbocycles. The summed E-state index contributed by atoms with van der Waals surface area (Å²) in [4.78, 5) is 2.61. The van der Waals surface area contributed by atoms with E-state index in [9.17, 15) is 0 Å². The van der Waals surface area contributed by atoms with Gasteiger partial charge in [-0.3, -0.25) is 0 Å². The molecular formula is C16H22Br2N2. The van der Waals surface area contributed by atoms with Gasteiger partial charge >= 0.3 is 0 Å². The van der Waals surface area contributed by atoms with Crippen LogP contribution in [0.5, 0.6) is 0 Å². The van der Waals surface area contributed by atoms with Crippen LogP contribution < -0.4 is 5.32 Å². The summed E-state index contributed by atoms with van der Waals surface area (Å²) in [5, 5.41) is 3.65. The van der Waals surface area contributed by atoms with Gasteiger partial charge in [-0.25, -0.2) is 0 Å². The van der Waals surface area contributed by atoms with Gasteiger partial charge in [-0.1, -0.05) is 6.07 Å². The Bertz CT molecular complexity index is 464. The van der Waals surface area contributed by atoms with Crippen molar-refractivity contribution in [1.29, 1.82) is 0 Å². The predicted octanol–water partition coefficient (Wildman–Crippen LogP) is 4.17. The summed E-state index contributed by atoms with van der Waals surface area (Å²) in [6, 6.07) is 8.18. The third-order valence-electron chi connectivity index (χ3n) is 4.94. The molecule has 20 heavy (non-hydrogen) atoms. The lowest BCUT2D eigenvalue weighted by molar-refractivity contribution is 0.133. The van der Waals surface area contributed by atoms with Gasteiger partial charge < -0.3 is 10.2 Å². The first-order chi connectivity index (χ1) is 9.63. The van der Waals surface area contributed by atoms with Crippen molar-refractivity contribution in [2.75, 3.05) is 13.6 Å². The minimum absolute atomic E-state index is 0.849. The Hall–Kier alpha value is 0.1000. The van der Waals surface area contributed by atoms with E-state index in [1.54, 1.807) is 0 Å². The van der Waals surface area contributed by atoms with Crippen molar-refractivity contribution in [1.82, 2.24) is 10.2 Å². The van der Waals surface area contributed by atoms with Crippen LogP contribution in [0.25, 0.3) is 0 Å². The first kappa shape index (κ1) is 15.0. The first-order valence-electron chi connectivity index (χ1n) is 7.50. The average Bonchev–Trinajstić information content (AvgIpc) is 2.65. The molecule has 4 heteroatoms. The Kier molecular flexibility index (Phi) is 4.86. The molecule has 0 saturated carbocycles. The predicted molar refractivity (Wildman–Crippen MR) is 90.8 cm³/mol. The minimum Gasteiger partial charge on any atom is -0.312 e. The van der Waals surface area contributed by atoms with Crippen molar-refractivity contribution in [2.24, 2.45) is 5.92 Å². The van der Waals surface area contributed by atoms with Crippen LogP contribution in [-0.2, 0) is 6.54 Å². The summed E-state index contributed by atoms with van der Waals surface area (Å²) in [6.07, 6.45) is 5.59. The molecule has 2 saturated heterocycles. The molecule has 0 radical (unpaired) electrons. The number of hydrogen-bond donors (Lipinski definition) is 1. The number of halogens is 2. The lowest BCUT2D eigenvalue weighted by Crippen LogP contribution is -2.42. The van der Waals surface area contributed by atoms with Crippen LogP contribution in [0.15, 0.2) is 27.1 Å². The monoisotopic (exact) mass is 400 g/mol. The number of rotatable bonds is 4. The molecule has 0 aliphatic carbocycles. The Morgan fingerprint density at radius 3 is 2.50 bits per heavy atom. The van der Waals surface area contributed by atoms with E-state index in [1.807, 2.05) is 0 Å². The third-order valence-corrected chi connectivity index (χ3v) is 6.82. The highest BCUT2D eigenvalue weighted by molar-refractivity contribution is 9.13. The van der Waals surface area contributed by atoms with Gasteiger partial charge in [0.15, 0.2) is 0 Å². The number of piperidine rings is 1. The molecule has 2 aliphatic rings. The molecule has 110 valence electrons. The van der Waals surface area contributed by atoms with Crippen molar-refractivity contribution in [3.8, 4) is 0 Å². The van der Waals surface area contributed by atoms with Crippen molar-refractivity contribution in [3.05, 3.63) is 32.7 Å². The molecule has 1 aromatic rings. The lowest BCUT2D eigenvalue weighted by Gasteiger charge is -2.36. The Morgan fingerprint density at radius 2 is 1.85 bits per heavy atom. The summed E-state index contributed by atoms with van der Waals surface area (Å²) in [7, 11) is 2.31. The summed E-state index contributed by atoms with van der Waals surface area (Å²) in [5.41, 5.74) is 1.34. The maximum Gasteiger partial charge on any atom is 0.0320 e. The lowest BCUT2D eigenvalue weighted by atomic mass is 9.91. The van der Waals surface area contributed by atoms with Crippen LogP contribution in [0, 0.1) is 5.92 Å². The van der Waals surface area contributed by atoms with Crippen LogP contribution in [0.1, 0.15) is 31.2 Å². The topological polar surface area (TPSA) is 15.3 Å². The van der Waals surface area contributed by atoms with E-state index in [2.05, 4.69) is 67.3 Å². The fourth-order valence-electron chi connectivity index (χ4n) is 3.76. The van der Waals surface area contributed by atoms with Crippen LogP contribution in [0.2, 0.25) is 0 Å². The van der Waals surface area contributed by atoms with Gasteiger partial charge in [0.2, 0.25) is 0 Å². The molecule has 2 heterocycles. The molecule has 2 nitrogen and oxygen atoms in total. The van der Waals surface area contributed by atoms with Crippen LogP contribution in [0.3, 0.4) is 0 Å². The zero-order chi connectivity index (χ0) is 14.1.